The summed E-state index contributed by atoms with van der Waals surface area (Å²) >= 11 is 0. The van der Waals surface area contributed by atoms with E-state index in [0.29, 0.717) is 18.1 Å². The van der Waals surface area contributed by atoms with Crippen molar-refractivity contribution in [1.82, 2.24) is 5.32 Å². The van der Waals surface area contributed by atoms with Crippen LogP contribution in [0.15, 0.2) is 34.7 Å². The molecule has 1 N–H and O–H groups in total. The number of ether oxygens (including phenoxy) is 1. The zero-order chi connectivity index (χ0) is 17.6. The molecule has 0 bridgehead atoms. The highest BCUT2D eigenvalue weighted by Gasteiger charge is 2.24. The Morgan fingerprint density at radius 2 is 1.96 bits per heavy atom. The lowest BCUT2D eigenvalue weighted by atomic mass is 9.87. The molecule has 4 nitrogen and oxygen atoms in total. The van der Waals surface area contributed by atoms with Gasteiger partial charge in [0, 0.05) is 25.0 Å². The third-order valence-corrected chi connectivity index (χ3v) is 4.73. The van der Waals surface area contributed by atoms with Gasteiger partial charge in [0.05, 0.1) is 0 Å². The number of halogens is 1. The number of furan rings is 1. The van der Waals surface area contributed by atoms with Gasteiger partial charge in [-0.3, -0.25) is 4.79 Å². The molecule has 0 unspecified atom stereocenters. The van der Waals surface area contributed by atoms with Gasteiger partial charge >= 0.3 is 0 Å². The van der Waals surface area contributed by atoms with E-state index >= 15 is 0 Å². The van der Waals surface area contributed by atoms with Gasteiger partial charge in [-0.15, -0.1) is 0 Å². The molecule has 1 saturated carbocycles. The summed E-state index contributed by atoms with van der Waals surface area (Å²) in [5.74, 6) is 1.06. The van der Waals surface area contributed by atoms with Gasteiger partial charge in [0.15, 0.2) is 5.76 Å². The van der Waals surface area contributed by atoms with Gasteiger partial charge in [0.25, 0.3) is 5.91 Å². The average molecular weight is 345 g/mol. The predicted molar refractivity (Wildman–Crippen MR) is 93.1 cm³/mol. The average Bonchev–Trinajstić information content (AvgIpc) is 3.06. The van der Waals surface area contributed by atoms with Crippen LogP contribution in [0.2, 0.25) is 0 Å². The molecule has 134 valence electrons. The zero-order valence-corrected chi connectivity index (χ0v) is 14.5. The van der Waals surface area contributed by atoms with Crippen molar-refractivity contribution in [3.05, 3.63) is 58.8 Å². The fraction of sp³-hybridized carbons (Fsp3) is 0.450. The molecule has 0 atom stereocenters. The maximum absolute atomic E-state index is 13.1. The van der Waals surface area contributed by atoms with E-state index in [4.69, 9.17) is 9.15 Å². The predicted octanol–water partition coefficient (Wildman–Crippen LogP) is 4.39. The number of nitrogens with one attached hydrogen (secondary N) is 1. The SMILES string of the molecule is COCNC(=O)c1oc(C2CCCCC2)cc1Cc1ccc(F)cc1. The molecule has 1 aromatic carbocycles. The molecule has 2 aromatic rings. The molecule has 1 aromatic heterocycles. The van der Waals surface area contributed by atoms with Crippen LogP contribution < -0.4 is 5.32 Å². The Morgan fingerprint density at radius 3 is 2.64 bits per heavy atom. The van der Waals surface area contributed by atoms with Crippen molar-refractivity contribution in [2.45, 2.75) is 44.4 Å². The van der Waals surface area contributed by atoms with Crippen LogP contribution in [0, 0.1) is 5.82 Å². The zero-order valence-electron chi connectivity index (χ0n) is 14.5. The molecule has 1 amide bonds. The van der Waals surface area contributed by atoms with Crippen LogP contribution in [-0.2, 0) is 11.2 Å². The second-order valence-electron chi connectivity index (χ2n) is 6.58. The Bertz CT molecular complexity index is 702. The van der Waals surface area contributed by atoms with Gasteiger partial charge in [-0.05, 0) is 36.6 Å². The topological polar surface area (TPSA) is 51.5 Å². The summed E-state index contributed by atoms with van der Waals surface area (Å²) in [5, 5.41) is 2.69. The van der Waals surface area contributed by atoms with Crippen molar-refractivity contribution in [2.24, 2.45) is 0 Å². The molecule has 1 fully saturated rings. The monoisotopic (exact) mass is 345 g/mol. The van der Waals surface area contributed by atoms with Crippen LogP contribution in [-0.4, -0.2) is 19.7 Å². The van der Waals surface area contributed by atoms with Gasteiger partial charge in [-0.25, -0.2) is 4.39 Å². The molecular formula is C20H24FNO3. The second-order valence-corrected chi connectivity index (χ2v) is 6.58. The van der Waals surface area contributed by atoms with E-state index in [0.717, 1.165) is 29.7 Å². The highest BCUT2D eigenvalue weighted by molar-refractivity contribution is 5.93. The summed E-state index contributed by atoms with van der Waals surface area (Å²) in [7, 11) is 1.52. The minimum atomic E-state index is -0.277. The summed E-state index contributed by atoms with van der Waals surface area (Å²) in [4.78, 5) is 12.4. The maximum Gasteiger partial charge on any atom is 0.289 e. The third kappa shape index (κ3) is 4.48. The highest BCUT2D eigenvalue weighted by Crippen LogP contribution is 2.35. The van der Waals surface area contributed by atoms with Crippen LogP contribution in [0.3, 0.4) is 0 Å². The summed E-state index contributed by atoms with van der Waals surface area (Å²) in [5.41, 5.74) is 1.78. The van der Waals surface area contributed by atoms with Crippen molar-refractivity contribution in [3.63, 3.8) is 0 Å². The summed E-state index contributed by atoms with van der Waals surface area (Å²) in [6.45, 7) is 0.133. The molecule has 25 heavy (non-hydrogen) atoms. The lowest BCUT2D eigenvalue weighted by Crippen LogP contribution is -2.25. The highest BCUT2D eigenvalue weighted by atomic mass is 19.1. The number of rotatable bonds is 6. The molecule has 5 heteroatoms. The van der Waals surface area contributed by atoms with E-state index in [1.54, 1.807) is 12.1 Å². The lowest BCUT2D eigenvalue weighted by molar-refractivity contribution is 0.0840. The number of carbonyl (C=O) groups is 1. The van der Waals surface area contributed by atoms with E-state index in [-0.39, 0.29) is 18.5 Å². The van der Waals surface area contributed by atoms with E-state index in [9.17, 15) is 9.18 Å². The number of hydrogen-bond donors (Lipinski definition) is 1. The van der Waals surface area contributed by atoms with Crippen molar-refractivity contribution >= 4 is 5.91 Å². The minimum Gasteiger partial charge on any atom is -0.455 e. The smallest absolute Gasteiger partial charge is 0.289 e. The summed E-state index contributed by atoms with van der Waals surface area (Å²) in [6.07, 6.45) is 6.39. The van der Waals surface area contributed by atoms with Crippen molar-refractivity contribution < 1.29 is 18.3 Å². The molecular weight excluding hydrogens is 321 g/mol. The van der Waals surface area contributed by atoms with Crippen LogP contribution in [0.4, 0.5) is 4.39 Å². The normalized spacial score (nSPS) is 15.3. The Kier molecular flexibility index (Phi) is 5.87. The quantitative estimate of drug-likeness (QED) is 0.790. The van der Waals surface area contributed by atoms with Crippen LogP contribution in [0.1, 0.15) is 65.5 Å². The minimum absolute atomic E-state index is 0.133. The Balaban J connectivity index is 1.85. The third-order valence-electron chi connectivity index (χ3n) is 4.73. The molecule has 0 saturated heterocycles. The fourth-order valence-electron chi connectivity index (χ4n) is 3.40. The van der Waals surface area contributed by atoms with Gasteiger partial charge in [-0.2, -0.15) is 0 Å². The number of carbonyl (C=O) groups excluding carboxylic acids is 1. The molecule has 1 aliphatic carbocycles. The van der Waals surface area contributed by atoms with E-state index in [1.165, 1.54) is 38.5 Å². The number of benzene rings is 1. The van der Waals surface area contributed by atoms with E-state index < -0.39 is 0 Å². The molecule has 0 radical (unpaired) electrons. The van der Waals surface area contributed by atoms with Crippen molar-refractivity contribution in [3.8, 4) is 0 Å². The number of methoxy groups -OCH3 is 1. The van der Waals surface area contributed by atoms with Gasteiger partial charge < -0.3 is 14.5 Å². The first-order chi connectivity index (χ1) is 12.2. The Hall–Kier alpha value is -2.14. The van der Waals surface area contributed by atoms with Gasteiger partial charge in [0.2, 0.25) is 0 Å². The van der Waals surface area contributed by atoms with Gasteiger partial charge in [0.1, 0.15) is 18.3 Å². The van der Waals surface area contributed by atoms with Crippen molar-refractivity contribution in [2.75, 3.05) is 13.8 Å². The Morgan fingerprint density at radius 1 is 1.24 bits per heavy atom. The largest absolute Gasteiger partial charge is 0.455 e. The summed E-state index contributed by atoms with van der Waals surface area (Å²) in [6, 6.07) is 8.34. The Labute approximate surface area is 147 Å². The molecule has 0 aliphatic heterocycles. The standard InChI is InChI=1S/C20H24FNO3/c1-24-13-22-20(23)19-16(11-14-7-9-17(21)10-8-14)12-18(25-19)15-5-3-2-4-6-15/h7-10,12,15H,2-6,11,13H2,1H3,(H,22,23). The van der Waals surface area contributed by atoms with Gasteiger partial charge in [-0.1, -0.05) is 31.4 Å². The first-order valence-electron chi connectivity index (χ1n) is 8.81. The molecule has 3 rings (SSSR count). The first kappa shape index (κ1) is 17.7. The molecule has 1 heterocycles. The van der Waals surface area contributed by atoms with E-state index in [2.05, 4.69) is 5.32 Å². The number of hydrogen-bond acceptors (Lipinski definition) is 3. The van der Waals surface area contributed by atoms with Crippen molar-refractivity contribution in [1.29, 1.82) is 0 Å². The fourth-order valence-corrected chi connectivity index (χ4v) is 3.40. The van der Waals surface area contributed by atoms with Crippen LogP contribution >= 0.6 is 0 Å². The lowest BCUT2D eigenvalue weighted by Gasteiger charge is -2.19. The second kappa shape index (κ2) is 8.30. The first-order valence-corrected chi connectivity index (χ1v) is 8.81. The molecule has 1 aliphatic rings. The van der Waals surface area contributed by atoms with E-state index in [1.807, 2.05) is 6.07 Å². The maximum atomic E-state index is 13.1. The number of amides is 1. The van der Waals surface area contributed by atoms with Crippen LogP contribution in [0.25, 0.3) is 0 Å². The summed E-state index contributed by atoms with van der Waals surface area (Å²) < 4.78 is 24.0. The molecule has 0 spiro atoms. The van der Waals surface area contributed by atoms with Crippen LogP contribution in [0.5, 0.6) is 0 Å².